The Labute approximate surface area is 159 Å². The number of amides is 2. The number of carbonyl (C=O) groups is 2. The minimum Gasteiger partial charge on any atom is -0.508 e. The molecular weight excluding hydrogens is 344 g/mol. The van der Waals surface area contributed by atoms with Crippen molar-refractivity contribution in [3.63, 3.8) is 0 Å². The molecule has 142 valence electrons. The van der Waals surface area contributed by atoms with Crippen LogP contribution in [0, 0.1) is 6.92 Å². The van der Waals surface area contributed by atoms with Crippen molar-refractivity contribution in [1.82, 2.24) is 9.80 Å². The van der Waals surface area contributed by atoms with E-state index >= 15 is 0 Å². The minimum atomic E-state index is -0.631. The number of aromatic hydroxyl groups is 1. The van der Waals surface area contributed by atoms with Crippen molar-refractivity contribution in [3.05, 3.63) is 59.7 Å². The van der Waals surface area contributed by atoms with E-state index in [1.54, 1.807) is 28.9 Å². The van der Waals surface area contributed by atoms with Gasteiger partial charge in [-0.2, -0.15) is 0 Å². The summed E-state index contributed by atoms with van der Waals surface area (Å²) in [5.74, 6) is 0.572. The van der Waals surface area contributed by atoms with Crippen LogP contribution in [0.15, 0.2) is 48.5 Å². The summed E-state index contributed by atoms with van der Waals surface area (Å²) in [4.78, 5) is 28.7. The van der Waals surface area contributed by atoms with Gasteiger partial charge < -0.3 is 19.6 Å². The molecule has 1 saturated heterocycles. The predicted octanol–water partition coefficient (Wildman–Crippen LogP) is 2.45. The molecule has 1 N–H and O–H groups in total. The summed E-state index contributed by atoms with van der Waals surface area (Å²) in [5, 5.41) is 9.31. The smallest absolute Gasteiger partial charge is 0.263 e. The molecule has 6 heteroatoms. The molecular formula is C21H24N2O4. The van der Waals surface area contributed by atoms with Crippen molar-refractivity contribution in [1.29, 1.82) is 0 Å². The molecule has 0 saturated carbocycles. The Kier molecular flexibility index (Phi) is 5.64. The zero-order valence-corrected chi connectivity index (χ0v) is 15.6. The monoisotopic (exact) mass is 368 g/mol. The number of hydrogen-bond acceptors (Lipinski definition) is 4. The zero-order valence-electron chi connectivity index (χ0n) is 15.6. The third kappa shape index (κ3) is 4.58. The predicted molar refractivity (Wildman–Crippen MR) is 102 cm³/mol. The number of piperazine rings is 1. The number of phenolic OH excluding ortho intramolecular Hbond substituents is 1. The first kappa shape index (κ1) is 18.8. The number of ether oxygens (including phenoxy) is 1. The van der Waals surface area contributed by atoms with Crippen LogP contribution < -0.4 is 4.74 Å². The standard InChI is InChI=1S/C21H24N2O4/c1-15-4-3-5-17(14-15)21(26)23-12-10-22(11-13-23)20(25)16(2)27-19-8-6-18(24)7-9-19/h3-9,14,16,24H,10-13H2,1-2H3. The normalized spacial score (nSPS) is 15.3. The summed E-state index contributed by atoms with van der Waals surface area (Å²) < 4.78 is 5.66. The van der Waals surface area contributed by atoms with E-state index in [0.29, 0.717) is 37.5 Å². The van der Waals surface area contributed by atoms with Crippen LogP contribution in [0.25, 0.3) is 0 Å². The number of phenols is 1. The Hall–Kier alpha value is -3.02. The fourth-order valence-corrected chi connectivity index (χ4v) is 3.13. The van der Waals surface area contributed by atoms with Gasteiger partial charge in [-0.3, -0.25) is 9.59 Å². The van der Waals surface area contributed by atoms with Crippen LogP contribution in [-0.2, 0) is 4.79 Å². The lowest BCUT2D eigenvalue weighted by molar-refractivity contribution is -0.139. The Bertz CT molecular complexity index is 811. The van der Waals surface area contributed by atoms with Gasteiger partial charge in [-0.1, -0.05) is 17.7 Å². The van der Waals surface area contributed by atoms with Gasteiger partial charge in [0, 0.05) is 31.7 Å². The highest BCUT2D eigenvalue weighted by Crippen LogP contribution is 2.18. The van der Waals surface area contributed by atoms with E-state index in [-0.39, 0.29) is 17.6 Å². The lowest BCUT2D eigenvalue weighted by Gasteiger charge is -2.36. The van der Waals surface area contributed by atoms with Crippen LogP contribution in [0.2, 0.25) is 0 Å². The van der Waals surface area contributed by atoms with E-state index in [1.165, 1.54) is 12.1 Å². The number of hydrogen-bond donors (Lipinski definition) is 1. The van der Waals surface area contributed by atoms with E-state index in [9.17, 15) is 14.7 Å². The molecule has 1 heterocycles. The molecule has 1 aliphatic rings. The van der Waals surface area contributed by atoms with Crippen LogP contribution in [0.5, 0.6) is 11.5 Å². The molecule has 0 spiro atoms. The first-order valence-corrected chi connectivity index (χ1v) is 9.04. The zero-order chi connectivity index (χ0) is 19.4. The number of benzene rings is 2. The SMILES string of the molecule is Cc1cccc(C(=O)N2CCN(C(=O)C(C)Oc3ccc(O)cc3)CC2)c1. The fourth-order valence-electron chi connectivity index (χ4n) is 3.13. The lowest BCUT2D eigenvalue weighted by Crippen LogP contribution is -2.53. The first-order valence-electron chi connectivity index (χ1n) is 9.04. The molecule has 0 aliphatic carbocycles. The molecule has 0 bridgehead atoms. The van der Waals surface area contributed by atoms with Gasteiger partial charge in [0.25, 0.3) is 11.8 Å². The van der Waals surface area contributed by atoms with E-state index in [1.807, 2.05) is 31.2 Å². The van der Waals surface area contributed by atoms with E-state index < -0.39 is 6.10 Å². The summed E-state index contributed by atoms with van der Waals surface area (Å²) in [5.41, 5.74) is 1.73. The van der Waals surface area contributed by atoms with Crippen molar-refractivity contribution >= 4 is 11.8 Å². The van der Waals surface area contributed by atoms with Crippen LogP contribution in [0.4, 0.5) is 0 Å². The molecule has 1 aliphatic heterocycles. The van der Waals surface area contributed by atoms with Crippen molar-refractivity contribution in [2.24, 2.45) is 0 Å². The first-order chi connectivity index (χ1) is 12.9. The fraction of sp³-hybridized carbons (Fsp3) is 0.333. The second kappa shape index (κ2) is 8.12. The van der Waals surface area contributed by atoms with Gasteiger partial charge in [0.2, 0.25) is 0 Å². The highest BCUT2D eigenvalue weighted by atomic mass is 16.5. The molecule has 1 unspecified atom stereocenters. The van der Waals surface area contributed by atoms with Gasteiger partial charge >= 0.3 is 0 Å². The number of carbonyl (C=O) groups excluding carboxylic acids is 2. The number of rotatable bonds is 4. The van der Waals surface area contributed by atoms with Gasteiger partial charge in [0.1, 0.15) is 11.5 Å². The molecule has 0 radical (unpaired) electrons. The maximum Gasteiger partial charge on any atom is 0.263 e. The average Bonchev–Trinajstić information content (AvgIpc) is 2.68. The van der Waals surface area contributed by atoms with Crippen molar-refractivity contribution < 1.29 is 19.4 Å². The summed E-state index contributed by atoms with van der Waals surface area (Å²) in [7, 11) is 0. The second-order valence-electron chi connectivity index (χ2n) is 6.74. The van der Waals surface area contributed by atoms with Gasteiger partial charge in [-0.15, -0.1) is 0 Å². The quantitative estimate of drug-likeness (QED) is 0.900. The summed E-state index contributed by atoms with van der Waals surface area (Å²) in [6.07, 6.45) is -0.631. The van der Waals surface area contributed by atoms with Gasteiger partial charge in [-0.05, 0) is 50.2 Å². The van der Waals surface area contributed by atoms with Crippen molar-refractivity contribution in [3.8, 4) is 11.5 Å². The third-order valence-electron chi connectivity index (χ3n) is 4.64. The highest BCUT2D eigenvalue weighted by Gasteiger charge is 2.28. The largest absolute Gasteiger partial charge is 0.508 e. The molecule has 0 aromatic heterocycles. The Morgan fingerprint density at radius 1 is 1.00 bits per heavy atom. The number of aryl methyl sites for hydroxylation is 1. The minimum absolute atomic E-state index is 0.000749. The second-order valence-corrected chi connectivity index (χ2v) is 6.74. The molecule has 2 aromatic carbocycles. The van der Waals surface area contributed by atoms with E-state index in [2.05, 4.69) is 0 Å². The molecule has 6 nitrogen and oxygen atoms in total. The molecule has 3 rings (SSSR count). The summed E-state index contributed by atoms with van der Waals surface area (Å²) >= 11 is 0. The maximum absolute atomic E-state index is 12.6. The molecule has 2 aromatic rings. The van der Waals surface area contributed by atoms with Gasteiger partial charge in [0.15, 0.2) is 6.10 Å². The summed E-state index contributed by atoms with van der Waals surface area (Å²) in [6.45, 7) is 5.65. The molecule has 1 atom stereocenters. The topological polar surface area (TPSA) is 70.1 Å². The maximum atomic E-state index is 12.6. The van der Waals surface area contributed by atoms with E-state index in [0.717, 1.165) is 5.56 Å². The molecule has 27 heavy (non-hydrogen) atoms. The van der Waals surface area contributed by atoms with Crippen molar-refractivity contribution in [2.45, 2.75) is 20.0 Å². The van der Waals surface area contributed by atoms with Crippen LogP contribution >= 0.6 is 0 Å². The van der Waals surface area contributed by atoms with Crippen LogP contribution in [0.3, 0.4) is 0 Å². The van der Waals surface area contributed by atoms with Gasteiger partial charge in [0.05, 0.1) is 0 Å². The number of nitrogens with zero attached hydrogens (tertiary/aromatic N) is 2. The Morgan fingerprint density at radius 2 is 1.63 bits per heavy atom. The van der Waals surface area contributed by atoms with Crippen LogP contribution in [-0.4, -0.2) is 59.0 Å². The van der Waals surface area contributed by atoms with Crippen LogP contribution in [0.1, 0.15) is 22.8 Å². The summed E-state index contributed by atoms with van der Waals surface area (Å²) in [6, 6.07) is 13.8. The molecule has 2 amide bonds. The third-order valence-corrected chi connectivity index (χ3v) is 4.64. The highest BCUT2D eigenvalue weighted by molar-refractivity contribution is 5.94. The average molecular weight is 368 g/mol. The van der Waals surface area contributed by atoms with Crippen molar-refractivity contribution in [2.75, 3.05) is 26.2 Å². The molecule has 1 fully saturated rings. The lowest BCUT2D eigenvalue weighted by atomic mass is 10.1. The Morgan fingerprint density at radius 3 is 2.26 bits per heavy atom. The van der Waals surface area contributed by atoms with E-state index in [4.69, 9.17) is 4.74 Å². The van der Waals surface area contributed by atoms with Gasteiger partial charge in [-0.25, -0.2) is 0 Å². The Balaban J connectivity index is 1.54.